The average molecular weight is 397 g/mol. The molecule has 3 amide bonds. The fourth-order valence-corrected chi connectivity index (χ4v) is 4.47. The Bertz CT molecular complexity index is 875. The van der Waals surface area contributed by atoms with Gasteiger partial charge in [-0.25, -0.2) is 9.59 Å². The number of ether oxygens (including phenoxy) is 1. The molecule has 2 N–H and O–H groups in total. The number of urea groups is 1. The number of imide groups is 1. The average Bonchev–Trinajstić information content (AvgIpc) is 3.07. The van der Waals surface area contributed by atoms with E-state index in [4.69, 9.17) is 4.74 Å². The van der Waals surface area contributed by atoms with Crippen LogP contribution in [0.2, 0.25) is 0 Å². The maximum atomic E-state index is 12.9. The molecule has 1 fully saturated rings. The summed E-state index contributed by atoms with van der Waals surface area (Å²) in [5.41, 5.74) is 3.26. The number of hydrogen-bond acceptors (Lipinski definition) is 5. The summed E-state index contributed by atoms with van der Waals surface area (Å²) in [6.45, 7) is 6.99. The Morgan fingerprint density at radius 3 is 2.55 bits per heavy atom. The predicted octanol–water partition coefficient (Wildman–Crippen LogP) is 2.60. The van der Waals surface area contributed by atoms with Gasteiger partial charge in [0.05, 0.1) is 17.2 Å². The van der Waals surface area contributed by atoms with E-state index < -0.39 is 24.0 Å². The Labute approximate surface area is 170 Å². The molecular weight excluding hydrogens is 370 g/mol. The molecule has 0 spiro atoms. The molecule has 0 bridgehead atoms. The number of nitrogens with one attached hydrogen (secondary N) is 2. The van der Waals surface area contributed by atoms with Gasteiger partial charge in [-0.1, -0.05) is 51.5 Å². The van der Waals surface area contributed by atoms with Crippen molar-refractivity contribution in [1.82, 2.24) is 15.5 Å². The van der Waals surface area contributed by atoms with Gasteiger partial charge in [0.2, 0.25) is 5.91 Å². The number of esters is 1. The minimum atomic E-state index is -0.598. The number of carbonyl (C=O) groups is 3. The molecule has 7 heteroatoms. The van der Waals surface area contributed by atoms with Gasteiger partial charge in [0.15, 0.2) is 0 Å². The topological polar surface area (TPSA) is 87.7 Å². The highest BCUT2D eigenvalue weighted by atomic mass is 16.5. The summed E-state index contributed by atoms with van der Waals surface area (Å²) in [7, 11) is 0. The molecule has 0 saturated carbocycles. The molecule has 1 aromatic rings. The Morgan fingerprint density at radius 1 is 1.17 bits per heavy atom. The van der Waals surface area contributed by atoms with Crippen molar-refractivity contribution >= 4 is 17.9 Å². The van der Waals surface area contributed by atoms with Crippen molar-refractivity contribution in [3.05, 3.63) is 46.7 Å². The van der Waals surface area contributed by atoms with E-state index in [1.807, 2.05) is 24.3 Å². The van der Waals surface area contributed by atoms with Gasteiger partial charge in [0.25, 0.3) is 0 Å². The van der Waals surface area contributed by atoms with Crippen molar-refractivity contribution in [2.75, 3.05) is 13.2 Å². The Morgan fingerprint density at radius 2 is 1.90 bits per heavy atom. The Kier molecular flexibility index (Phi) is 5.06. The molecule has 0 aromatic heterocycles. The van der Waals surface area contributed by atoms with Gasteiger partial charge in [-0.3, -0.25) is 10.1 Å². The van der Waals surface area contributed by atoms with E-state index in [9.17, 15) is 14.4 Å². The summed E-state index contributed by atoms with van der Waals surface area (Å²) in [6, 6.07) is 7.66. The van der Waals surface area contributed by atoms with Crippen LogP contribution in [0, 0.1) is 5.92 Å². The lowest BCUT2D eigenvalue weighted by Crippen LogP contribution is -2.67. The van der Waals surface area contributed by atoms with E-state index in [2.05, 4.69) is 31.4 Å². The van der Waals surface area contributed by atoms with Crippen LogP contribution in [0.15, 0.2) is 35.5 Å². The lowest BCUT2D eigenvalue weighted by atomic mass is 9.74. The summed E-state index contributed by atoms with van der Waals surface area (Å²) in [5, 5.41) is 5.77. The minimum Gasteiger partial charge on any atom is -0.456 e. The van der Waals surface area contributed by atoms with E-state index in [1.165, 1.54) is 5.56 Å². The van der Waals surface area contributed by atoms with Gasteiger partial charge in [-0.2, -0.15) is 0 Å². The van der Waals surface area contributed by atoms with Crippen LogP contribution in [0.3, 0.4) is 0 Å². The van der Waals surface area contributed by atoms with E-state index in [0.29, 0.717) is 23.7 Å². The normalized spacial score (nSPS) is 26.1. The van der Waals surface area contributed by atoms with Crippen molar-refractivity contribution in [2.24, 2.45) is 5.92 Å². The minimum absolute atomic E-state index is 0.148. The predicted molar refractivity (Wildman–Crippen MR) is 107 cm³/mol. The Balaban J connectivity index is 1.78. The molecule has 29 heavy (non-hydrogen) atoms. The maximum absolute atomic E-state index is 12.9. The first-order valence-electron chi connectivity index (χ1n) is 10.3. The van der Waals surface area contributed by atoms with Gasteiger partial charge in [-0.15, -0.1) is 0 Å². The van der Waals surface area contributed by atoms with Crippen molar-refractivity contribution in [2.45, 2.75) is 51.6 Å². The van der Waals surface area contributed by atoms with Crippen molar-refractivity contribution in [3.63, 3.8) is 0 Å². The molecule has 3 heterocycles. The quantitative estimate of drug-likeness (QED) is 0.746. The molecule has 154 valence electrons. The number of fused-ring (bicyclic) bond motifs is 1. The third kappa shape index (κ3) is 3.28. The smallest absolute Gasteiger partial charge is 0.336 e. The number of rotatable bonds is 5. The van der Waals surface area contributed by atoms with Crippen LogP contribution in [0.4, 0.5) is 4.79 Å². The van der Waals surface area contributed by atoms with E-state index in [1.54, 1.807) is 4.90 Å². The lowest BCUT2D eigenvalue weighted by Gasteiger charge is -2.46. The summed E-state index contributed by atoms with van der Waals surface area (Å²) >= 11 is 0. The van der Waals surface area contributed by atoms with Crippen LogP contribution in [0.25, 0.3) is 0 Å². The second-order valence-corrected chi connectivity index (χ2v) is 8.22. The van der Waals surface area contributed by atoms with Gasteiger partial charge in [-0.05, 0) is 23.5 Å². The first-order chi connectivity index (χ1) is 13.9. The van der Waals surface area contributed by atoms with Gasteiger partial charge in [0, 0.05) is 12.5 Å². The second-order valence-electron chi connectivity index (χ2n) is 8.22. The molecule has 4 rings (SSSR count). The van der Waals surface area contributed by atoms with Gasteiger partial charge < -0.3 is 15.0 Å². The SMILES string of the molecule is CCCCN1C(=O)NC(=O)C2C(c3ccc(C(C)C)cc3)C3=C(COC3=O)NC21. The highest BCUT2D eigenvalue weighted by Gasteiger charge is 2.53. The molecule has 0 aliphatic carbocycles. The standard InChI is InChI=1S/C22H27N3O4/c1-4-5-10-25-19-18(20(26)24-22(25)28)16(17-15(23-19)11-29-21(17)27)14-8-6-13(7-9-14)12(2)3/h6-9,12,16,18-19,23H,4-5,10-11H2,1-3H3,(H,24,26,28). The van der Waals surface area contributed by atoms with E-state index in [-0.39, 0.29) is 18.5 Å². The van der Waals surface area contributed by atoms with Crippen LogP contribution in [0.1, 0.15) is 56.6 Å². The number of cyclic esters (lactones) is 1. The first-order valence-corrected chi connectivity index (χ1v) is 10.3. The fourth-order valence-electron chi connectivity index (χ4n) is 4.47. The van der Waals surface area contributed by atoms with Crippen LogP contribution in [0.5, 0.6) is 0 Å². The molecule has 3 atom stereocenters. The summed E-state index contributed by atoms with van der Waals surface area (Å²) in [6.07, 6.45) is 1.28. The summed E-state index contributed by atoms with van der Waals surface area (Å²) < 4.78 is 5.29. The van der Waals surface area contributed by atoms with Crippen LogP contribution >= 0.6 is 0 Å². The zero-order valence-corrected chi connectivity index (χ0v) is 17.0. The monoisotopic (exact) mass is 397 g/mol. The molecule has 1 saturated heterocycles. The third-order valence-corrected chi connectivity index (χ3v) is 6.07. The third-order valence-electron chi connectivity index (χ3n) is 6.07. The Hall–Kier alpha value is -2.83. The number of nitrogens with zero attached hydrogens (tertiary/aromatic N) is 1. The lowest BCUT2D eigenvalue weighted by molar-refractivity contribution is -0.136. The zero-order valence-electron chi connectivity index (χ0n) is 17.0. The van der Waals surface area contributed by atoms with Gasteiger partial charge >= 0.3 is 12.0 Å². The summed E-state index contributed by atoms with van der Waals surface area (Å²) in [5.74, 6) is -1.42. The van der Waals surface area contributed by atoms with Crippen LogP contribution in [-0.2, 0) is 14.3 Å². The van der Waals surface area contributed by atoms with E-state index in [0.717, 1.165) is 18.4 Å². The zero-order chi connectivity index (χ0) is 20.7. The number of benzene rings is 1. The highest BCUT2D eigenvalue weighted by molar-refractivity contribution is 6.02. The molecule has 0 radical (unpaired) electrons. The number of unbranched alkanes of at least 4 members (excludes halogenated alkanes) is 1. The van der Waals surface area contributed by atoms with E-state index >= 15 is 0 Å². The largest absolute Gasteiger partial charge is 0.456 e. The number of hydrogen-bond donors (Lipinski definition) is 2. The summed E-state index contributed by atoms with van der Waals surface area (Å²) in [4.78, 5) is 39.7. The molecule has 1 aromatic carbocycles. The molecule has 3 aliphatic rings. The van der Waals surface area contributed by atoms with Crippen LogP contribution < -0.4 is 10.6 Å². The van der Waals surface area contributed by atoms with Crippen molar-refractivity contribution in [1.29, 1.82) is 0 Å². The number of carbonyl (C=O) groups excluding carboxylic acids is 3. The second kappa shape index (κ2) is 7.54. The number of amides is 3. The van der Waals surface area contributed by atoms with Crippen molar-refractivity contribution in [3.8, 4) is 0 Å². The first kappa shape index (κ1) is 19.5. The van der Waals surface area contributed by atoms with Gasteiger partial charge in [0.1, 0.15) is 12.8 Å². The molecular formula is C22H27N3O4. The molecule has 3 aliphatic heterocycles. The maximum Gasteiger partial charge on any atom is 0.336 e. The van der Waals surface area contributed by atoms with Crippen molar-refractivity contribution < 1.29 is 19.1 Å². The fraction of sp³-hybridized carbons (Fsp3) is 0.500. The van der Waals surface area contributed by atoms with Crippen LogP contribution in [-0.4, -0.2) is 42.1 Å². The molecule has 7 nitrogen and oxygen atoms in total. The molecule has 3 unspecified atom stereocenters. The highest BCUT2D eigenvalue weighted by Crippen LogP contribution is 2.44.